The van der Waals surface area contributed by atoms with Crippen molar-refractivity contribution in [3.63, 3.8) is 0 Å². The molecule has 2 N–H and O–H groups in total. The van der Waals surface area contributed by atoms with E-state index in [2.05, 4.69) is 34.5 Å². The summed E-state index contributed by atoms with van der Waals surface area (Å²) in [5.74, 6) is 0.240. The van der Waals surface area contributed by atoms with Gasteiger partial charge in [0.05, 0.1) is 5.60 Å². The average Bonchev–Trinajstić information content (AvgIpc) is 2.91. The Hall–Kier alpha value is -1.22. The number of benzene rings is 1. The Morgan fingerprint density at radius 3 is 2.32 bits per heavy atom. The van der Waals surface area contributed by atoms with E-state index in [1.54, 1.807) is 0 Å². The number of nitrogens with one attached hydrogen (secondary N) is 1. The third-order valence-corrected chi connectivity index (χ3v) is 4.23. The predicted molar refractivity (Wildman–Crippen MR) is 81.8 cm³/mol. The molecule has 19 heavy (non-hydrogen) atoms. The van der Waals surface area contributed by atoms with Crippen LogP contribution in [0.5, 0.6) is 0 Å². The van der Waals surface area contributed by atoms with E-state index in [0.29, 0.717) is 6.54 Å². The Kier molecular flexibility index (Phi) is 4.35. The van der Waals surface area contributed by atoms with Crippen LogP contribution in [0.2, 0.25) is 0 Å². The minimum absolute atomic E-state index is 0.240. The second-order valence-corrected chi connectivity index (χ2v) is 6.11. The molecule has 106 valence electrons. The number of aliphatic hydroxyl groups is 1. The fourth-order valence-corrected chi connectivity index (χ4v) is 2.25. The molecule has 1 atom stereocenters. The molecular formula is C16H26N2O. The van der Waals surface area contributed by atoms with Gasteiger partial charge >= 0.3 is 0 Å². The summed E-state index contributed by atoms with van der Waals surface area (Å²) in [4.78, 5) is 2.42. The van der Waals surface area contributed by atoms with E-state index in [1.165, 1.54) is 31.6 Å². The lowest BCUT2D eigenvalue weighted by atomic mass is 9.92. The van der Waals surface area contributed by atoms with Crippen LogP contribution in [0.1, 0.15) is 33.6 Å². The highest BCUT2D eigenvalue weighted by Crippen LogP contribution is 2.23. The molecule has 0 saturated carbocycles. The molecule has 0 amide bonds. The van der Waals surface area contributed by atoms with Crippen molar-refractivity contribution < 1.29 is 5.11 Å². The maximum Gasteiger partial charge on any atom is 0.0813 e. The van der Waals surface area contributed by atoms with E-state index in [-0.39, 0.29) is 5.92 Å². The molecule has 1 aromatic carbocycles. The van der Waals surface area contributed by atoms with Gasteiger partial charge in [0.2, 0.25) is 0 Å². The summed E-state index contributed by atoms with van der Waals surface area (Å²) in [5.41, 5.74) is 1.70. The summed E-state index contributed by atoms with van der Waals surface area (Å²) < 4.78 is 0. The van der Waals surface area contributed by atoms with Crippen LogP contribution >= 0.6 is 0 Å². The van der Waals surface area contributed by atoms with Crippen LogP contribution in [-0.4, -0.2) is 30.3 Å². The van der Waals surface area contributed by atoms with Gasteiger partial charge in [0, 0.05) is 31.0 Å². The molecule has 1 aliphatic rings. The molecule has 1 saturated heterocycles. The third-order valence-electron chi connectivity index (χ3n) is 4.23. The number of anilines is 2. The van der Waals surface area contributed by atoms with Crippen molar-refractivity contribution in [2.45, 2.75) is 39.2 Å². The van der Waals surface area contributed by atoms with E-state index in [4.69, 9.17) is 0 Å². The molecule has 3 heteroatoms. The van der Waals surface area contributed by atoms with Gasteiger partial charge in [-0.2, -0.15) is 0 Å². The third kappa shape index (κ3) is 3.63. The van der Waals surface area contributed by atoms with Gasteiger partial charge in [-0.15, -0.1) is 0 Å². The predicted octanol–water partition coefficient (Wildman–Crippen LogP) is 3.11. The Labute approximate surface area is 116 Å². The molecule has 0 radical (unpaired) electrons. The zero-order chi connectivity index (χ0) is 13.9. The first kappa shape index (κ1) is 14.2. The molecule has 1 aromatic rings. The minimum Gasteiger partial charge on any atom is -0.388 e. The van der Waals surface area contributed by atoms with Crippen molar-refractivity contribution in [3.05, 3.63) is 24.3 Å². The molecule has 1 unspecified atom stereocenters. The average molecular weight is 262 g/mol. The second kappa shape index (κ2) is 5.83. The first-order valence-electron chi connectivity index (χ1n) is 7.30. The summed E-state index contributed by atoms with van der Waals surface area (Å²) in [7, 11) is 0. The monoisotopic (exact) mass is 262 g/mol. The molecule has 2 rings (SSSR count). The van der Waals surface area contributed by atoms with Gasteiger partial charge in [-0.25, -0.2) is 0 Å². The number of hydrogen-bond acceptors (Lipinski definition) is 3. The molecule has 0 bridgehead atoms. The van der Waals surface area contributed by atoms with Crippen molar-refractivity contribution in [2.75, 3.05) is 29.9 Å². The van der Waals surface area contributed by atoms with E-state index < -0.39 is 5.60 Å². The Morgan fingerprint density at radius 2 is 1.79 bits per heavy atom. The first-order valence-corrected chi connectivity index (χ1v) is 7.30. The van der Waals surface area contributed by atoms with Crippen LogP contribution in [0.3, 0.4) is 0 Å². The molecular weight excluding hydrogens is 236 g/mol. The molecule has 0 spiro atoms. The largest absolute Gasteiger partial charge is 0.388 e. The van der Waals surface area contributed by atoms with E-state index in [1.807, 2.05) is 20.8 Å². The molecule has 1 heterocycles. The smallest absolute Gasteiger partial charge is 0.0813 e. The van der Waals surface area contributed by atoms with Crippen molar-refractivity contribution >= 4 is 11.4 Å². The van der Waals surface area contributed by atoms with E-state index in [9.17, 15) is 5.11 Å². The van der Waals surface area contributed by atoms with Crippen LogP contribution < -0.4 is 10.2 Å². The lowest BCUT2D eigenvalue weighted by Gasteiger charge is -2.28. The Morgan fingerprint density at radius 1 is 1.21 bits per heavy atom. The first-order chi connectivity index (χ1) is 8.99. The number of rotatable bonds is 5. The second-order valence-electron chi connectivity index (χ2n) is 6.11. The van der Waals surface area contributed by atoms with E-state index in [0.717, 1.165) is 5.69 Å². The van der Waals surface area contributed by atoms with Gasteiger partial charge in [0.15, 0.2) is 0 Å². The lowest BCUT2D eigenvalue weighted by molar-refractivity contribution is 0.0266. The summed E-state index contributed by atoms with van der Waals surface area (Å²) in [6.07, 6.45) is 2.61. The molecule has 1 aliphatic heterocycles. The highest BCUT2D eigenvalue weighted by atomic mass is 16.3. The van der Waals surface area contributed by atoms with Gasteiger partial charge in [0.25, 0.3) is 0 Å². The van der Waals surface area contributed by atoms with Crippen molar-refractivity contribution in [3.8, 4) is 0 Å². The number of hydrogen-bond donors (Lipinski definition) is 2. The Bertz CT molecular complexity index is 392. The highest BCUT2D eigenvalue weighted by Gasteiger charge is 2.24. The maximum atomic E-state index is 10.2. The summed E-state index contributed by atoms with van der Waals surface area (Å²) in [6.45, 7) is 8.89. The SMILES string of the molecule is CC(C)C(C)(O)CNc1ccc(N2CCCC2)cc1. The fourth-order valence-electron chi connectivity index (χ4n) is 2.25. The zero-order valence-electron chi connectivity index (χ0n) is 12.3. The van der Waals surface area contributed by atoms with Crippen molar-refractivity contribution in [1.29, 1.82) is 0 Å². The van der Waals surface area contributed by atoms with Gasteiger partial charge in [0.1, 0.15) is 0 Å². The van der Waals surface area contributed by atoms with Crippen molar-refractivity contribution in [1.82, 2.24) is 0 Å². The standard InChI is InChI=1S/C16H26N2O/c1-13(2)16(3,19)12-17-14-6-8-15(9-7-14)18-10-4-5-11-18/h6-9,13,17,19H,4-5,10-12H2,1-3H3. The van der Waals surface area contributed by atoms with Gasteiger partial charge < -0.3 is 15.3 Å². The van der Waals surface area contributed by atoms with E-state index >= 15 is 0 Å². The minimum atomic E-state index is -0.673. The van der Waals surface area contributed by atoms with Gasteiger partial charge in [-0.05, 0) is 49.9 Å². The summed E-state index contributed by atoms with van der Waals surface area (Å²) in [5, 5.41) is 13.5. The summed E-state index contributed by atoms with van der Waals surface area (Å²) >= 11 is 0. The van der Waals surface area contributed by atoms with Crippen LogP contribution in [0.25, 0.3) is 0 Å². The number of nitrogens with zero attached hydrogens (tertiary/aromatic N) is 1. The topological polar surface area (TPSA) is 35.5 Å². The van der Waals surface area contributed by atoms with Crippen LogP contribution in [0.4, 0.5) is 11.4 Å². The molecule has 1 fully saturated rings. The normalized spacial score (nSPS) is 18.7. The molecule has 3 nitrogen and oxygen atoms in total. The Balaban J connectivity index is 1.91. The highest BCUT2D eigenvalue weighted by molar-refractivity contribution is 5.55. The van der Waals surface area contributed by atoms with Gasteiger partial charge in [-0.3, -0.25) is 0 Å². The van der Waals surface area contributed by atoms with Gasteiger partial charge in [-0.1, -0.05) is 13.8 Å². The van der Waals surface area contributed by atoms with Crippen LogP contribution in [-0.2, 0) is 0 Å². The zero-order valence-corrected chi connectivity index (χ0v) is 12.3. The maximum absolute atomic E-state index is 10.2. The van der Waals surface area contributed by atoms with Crippen LogP contribution in [0, 0.1) is 5.92 Å². The van der Waals surface area contributed by atoms with Crippen LogP contribution in [0.15, 0.2) is 24.3 Å². The fraction of sp³-hybridized carbons (Fsp3) is 0.625. The molecule has 0 aliphatic carbocycles. The quantitative estimate of drug-likeness (QED) is 0.856. The lowest BCUT2D eigenvalue weighted by Crippen LogP contribution is -2.38. The summed E-state index contributed by atoms with van der Waals surface area (Å²) in [6, 6.07) is 8.53. The molecule has 0 aromatic heterocycles. The van der Waals surface area contributed by atoms with Crippen molar-refractivity contribution in [2.24, 2.45) is 5.92 Å².